The van der Waals surface area contributed by atoms with Gasteiger partial charge in [-0.3, -0.25) is 4.79 Å². The largest absolute Gasteiger partial charge is 0.375 e. The van der Waals surface area contributed by atoms with Gasteiger partial charge in [0, 0.05) is 28.9 Å². The summed E-state index contributed by atoms with van der Waals surface area (Å²) in [7, 11) is 0. The zero-order valence-corrected chi connectivity index (χ0v) is 18.0. The number of thioether (sulfide) groups is 1. The molecular weight excluding hydrogens is 418 g/mol. The average molecular weight is 443 g/mol. The maximum atomic E-state index is 14.9. The number of amidine groups is 1. The van der Waals surface area contributed by atoms with Gasteiger partial charge < -0.3 is 10.1 Å². The molecule has 2 fully saturated rings. The maximum absolute atomic E-state index is 14.9. The summed E-state index contributed by atoms with van der Waals surface area (Å²) < 4.78 is 34.8. The monoisotopic (exact) mass is 442 g/mol. The number of benzene rings is 2. The molecule has 1 amide bonds. The highest BCUT2D eigenvalue weighted by Gasteiger charge is 2.53. The first-order valence-corrected chi connectivity index (χ1v) is 11.6. The Balaban J connectivity index is 1.48. The van der Waals surface area contributed by atoms with Crippen LogP contribution in [0.2, 0.25) is 0 Å². The second-order valence-corrected chi connectivity index (χ2v) is 9.76. The molecule has 1 saturated carbocycles. The maximum Gasteiger partial charge on any atom is 0.257 e. The van der Waals surface area contributed by atoms with Crippen molar-refractivity contribution in [3.63, 3.8) is 0 Å². The Hall–Kier alpha value is -2.25. The second kappa shape index (κ2) is 8.02. The van der Waals surface area contributed by atoms with Crippen molar-refractivity contribution < 1.29 is 18.3 Å². The third kappa shape index (κ3) is 3.89. The fourth-order valence-corrected chi connectivity index (χ4v) is 5.97. The van der Waals surface area contributed by atoms with Crippen LogP contribution in [0.15, 0.2) is 53.5 Å². The lowest BCUT2D eigenvalue weighted by molar-refractivity contribution is -0.0683. The molecule has 0 spiro atoms. The molecule has 4 nitrogen and oxygen atoms in total. The molecule has 7 heteroatoms. The molecule has 2 heterocycles. The molecule has 1 aliphatic carbocycles. The highest BCUT2D eigenvalue weighted by molar-refractivity contribution is 8.13. The van der Waals surface area contributed by atoms with E-state index < -0.39 is 17.2 Å². The van der Waals surface area contributed by atoms with Crippen LogP contribution < -0.4 is 5.32 Å². The number of nitrogens with one attached hydrogen (secondary N) is 1. The van der Waals surface area contributed by atoms with Crippen molar-refractivity contribution in [1.29, 1.82) is 0 Å². The topological polar surface area (TPSA) is 50.7 Å². The van der Waals surface area contributed by atoms with E-state index in [0.717, 1.165) is 18.9 Å². The molecule has 3 aliphatic rings. The number of rotatable bonds is 3. The standard InChI is InChI=1S/C24H24F2N2O2S/c1-14-9-18(14)21-10-16-12-31-23(27-22(29)15-5-3-2-4-6-15)28-24(16,13-30-21)19-8-7-17(25)11-20(19)26/h2-8,11,14,16,18,21H,9-10,12-13H2,1H3,(H,27,28,29). The van der Waals surface area contributed by atoms with Gasteiger partial charge in [-0.15, -0.1) is 0 Å². The van der Waals surface area contributed by atoms with E-state index in [1.807, 2.05) is 6.07 Å². The molecule has 0 aromatic heterocycles. The van der Waals surface area contributed by atoms with Gasteiger partial charge in [0.1, 0.15) is 17.2 Å². The van der Waals surface area contributed by atoms with Crippen molar-refractivity contribution in [2.45, 2.75) is 31.4 Å². The van der Waals surface area contributed by atoms with E-state index in [1.165, 1.54) is 23.9 Å². The van der Waals surface area contributed by atoms with Crippen LogP contribution in [0.5, 0.6) is 0 Å². The minimum absolute atomic E-state index is 0.0430. The third-order valence-corrected chi connectivity index (χ3v) is 7.77. The Labute approximate surface area is 184 Å². The van der Waals surface area contributed by atoms with Crippen LogP contribution in [0.4, 0.5) is 8.78 Å². The molecule has 2 aromatic rings. The molecule has 31 heavy (non-hydrogen) atoms. The van der Waals surface area contributed by atoms with E-state index in [1.54, 1.807) is 24.3 Å². The van der Waals surface area contributed by atoms with Crippen LogP contribution >= 0.6 is 11.8 Å². The first-order valence-electron chi connectivity index (χ1n) is 10.6. The normalized spacial score (nSPS) is 32.0. The van der Waals surface area contributed by atoms with Crippen molar-refractivity contribution >= 4 is 22.8 Å². The van der Waals surface area contributed by atoms with Gasteiger partial charge in [-0.2, -0.15) is 0 Å². The molecule has 2 aromatic carbocycles. The van der Waals surface area contributed by atoms with Gasteiger partial charge in [0.25, 0.3) is 5.91 Å². The predicted octanol–water partition coefficient (Wildman–Crippen LogP) is 4.75. The lowest BCUT2D eigenvalue weighted by Gasteiger charge is -2.47. The Morgan fingerprint density at radius 3 is 2.68 bits per heavy atom. The van der Waals surface area contributed by atoms with E-state index in [4.69, 9.17) is 9.73 Å². The molecule has 0 bridgehead atoms. The molecule has 5 atom stereocenters. The van der Waals surface area contributed by atoms with Gasteiger partial charge in [0.05, 0.1) is 12.7 Å². The number of amides is 1. The SMILES string of the molecule is CC1CC1C1CC2CSC(NC(=O)c3ccccc3)=NC2(c2ccc(F)cc2F)CO1. The van der Waals surface area contributed by atoms with Gasteiger partial charge in [-0.25, -0.2) is 13.8 Å². The number of carbonyl (C=O) groups is 1. The molecule has 162 valence electrons. The van der Waals surface area contributed by atoms with E-state index in [0.29, 0.717) is 33.9 Å². The number of fused-ring (bicyclic) bond motifs is 1. The zero-order chi connectivity index (χ0) is 21.6. The molecule has 5 rings (SSSR count). The second-order valence-electron chi connectivity index (χ2n) is 8.76. The Morgan fingerprint density at radius 2 is 1.97 bits per heavy atom. The van der Waals surface area contributed by atoms with Gasteiger partial charge >= 0.3 is 0 Å². The van der Waals surface area contributed by atoms with Crippen LogP contribution in [0.3, 0.4) is 0 Å². The minimum Gasteiger partial charge on any atom is -0.375 e. The molecule has 1 N–H and O–H groups in total. The van der Waals surface area contributed by atoms with E-state index in [-0.39, 0.29) is 24.5 Å². The molecule has 2 aliphatic heterocycles. The lowest BCUT2D eigenvalue weighted by Crippen LogP contribution is -2.51. The number of hydrogen-bond donors (Lipinski definition) is 1. The quantitative estimate of drug-likeness (QED) is 0.746. The minimum atomic E-state index is -0.975. The van der Waals surface area contributed by atoms with Crippen LogP contribution in [-0.4, -0.2) is 29.5 Å². The summed E-state index contributed by atoms with van der Waals surface area (Å²) in [6.07, 6.45) is 2.08. The summed E-state index contributed by atoms with van der Waals surface area (Å²) >= 11 is 1.48. The highest BCUT2D eigenvalue weighted by Crippen LogP contribution is 2.52. The van der Waals surface area contributed by atoms with Crippen molar-refractivity contribution in [3.05, 3.63) is 71.3 Å². The fourth-order valence-electron chi connectivity index (χ4n) is 4.81. The smallest absolute Gasteiger partial charge is 0.257 e. The molecule has 5 unspecified atom stereocenters. The lowest BCUT2D eigenvalue weighted by atomic mass is 9.74. The van der Waals surface area contributed by atoms with Crippen LogP contribution in [0.25, 0.3) is 0 Å². The first kappa shape index (κ1) is 20.6. The summed E-state index contributed by atoms with van der Waals surface area (Å²) in [5.74, 6) is 0.414. The van der Waals surface area contributed by atoms with E-state index >= 15 is 0 Å². The summed E-state index contributed by atoms with van der Waals surface area (Å²) in [5.41, 5.74) is -0.123. The molecule has 1 saturated heterocycles. The Kier molecular flexibility index (Phi) is 5.34. The summed E-state index contributed by atoms with van der Waals surface area (Å²) in [6.45, 7) is 2.44. The number of halogens is 2. The van der Waals surface area contributed by atoms with Crippen molar-refractivity contribution in [2.24, 2.45) is 22.7 Å². The average Bonchev–Trinajstić information content (AvgIpc) is 3.50. The number of hydrogen-bond acceptors (Lipinski definition) is 4. The van der Waals surface area contributed by atoms with Gasteiger partial charge in [0.15, 0.2) is 5.17 Å². The Morgan fingerprint density at radius 1 is 1.19 bits per heavy atom. The van der Waals surface area contributed by atoms with E-state index in [2.05, 4.69) is 12.2 Å². The zero-order valence-electron chi connectivity index (χ0n) is 17.2. The van der Waals surface area contributed by atoms with Crippen LogP contribution in [-0.2, 0) is 10.3 Å². The summed E-state index contributed by atoms with van der Waals surface area (Å²) in [4.78, 5) is 17.5. The van der Waals surface area contributed by atoms with Gasteiger partial charge in [-0.1, -0.05) is 43.0 Å². The highest BCUT2D eigenvalue weighted by atomic mass is 32.2. The fraction of sp³-hybridized carbons (Fsp3) is 0.417. The van der Waals surface area contributed by atoms with Crippen molar-refractivity contribution in [2.75, 3.05) is 12.4 Å². The van der Waals surface area contributed by atoms with Gasteiger partial charge in [-0.05, 0) is 42.9 Å². The summed E-state index contributed by atoms with van der Waals surface area (Å²) in [6, 6.07) is 12.5. The van der Waals surface area contributed by atoms with Crippen LogP contribution in [0.1, 0.15) is 35.7 Å². The molecule has 0 radical (unpaired) electrons. The third-order valence-electron chi connectivity index (χ3n) is 6.74. The Bertz CT molecular complexity index is 1030. The number of aliphatic imine (C=N–C) groups is 1. The number of carbonyl (C=O) groups excluding carboxylic acids is 1. The van der Waals surface area contributed by atoms with Crippen LogP contribution in [0, 0.1) is 29.4 Å². The first-order chi connectivity index (χ1) is 15.0. The number of ether oxygens (including phenoxy) is 1. The van der Waals surface area contributed by atoms with Crippen molar-refractivity contribution in [3.8, 4) is 0 Å². The summed E-state index contributed by atoms with van der Waals surface area (Å²) in [5, 5.41) is 3.31. The molecular formula is C24H24F2N2O2S. The van der Waals surface area contributed by atoms with Gasteiger partial charge in [0.2, 0.25) is 0 Å². The predicted molar refractivity (Wildman–Crippen MR) is 117 cm³/mol. The number of nitrogens with zero attached hydrogens (tertiary/aromatic N) is 1. The van der Waals surface area contributed by atoms with Crippen molar-refractivity contribution in [1.82, 2.24) is 5.32 Å². The van der Waals surface area contributed by atoms with E-state index in [9.17, 15) is 13.6 Å².